The van der Waals surface area contributed by atoms with Gasteiger partial charge in [0, 0.05) is 19.1 Å². The van der Waals surface area contributed by atoms with E-state index in [4.69, 9.17) is 5.73 Å². The van der Waals surface area contributed by atoms with Gasteiger partial charge in [-0.25, -0.2) is 9.97 Å². The molecular weight excluding hydrogens is 214 g/mol. The van der Waals surface area contributed by atoms with Gasteiger partial charge in [0.2, 0.25) is 5.95 Å². The highest BCUT2D eigenvalue weighted by molar-refractivity contribution is 5.38. The SMILES string of the molecule is CCC1CN(C)CCCN1c1ncc(N)cn1. The minimum Gasteiger partial charge on any atom is -0.396 e. The van der Waals surface area contributed by atoms with E-state index >= 15 is 0 Å². The van der Waals surface area contributed by atoms with Crippen LogP contribution >= 0.6 is 0 Å². The van der Waals surface area contributed by atoms with Crippen LogP contribution in [0.15, 0.2) is 12.4 Å². The number of rotatable bonds is 2. The maximum absolute atomic E-state index is 5.62. The summed E-state index contributed by atoms with van der Waals surface area (Å²) in [4.78, 5) is 13.4. The molecule has 2 N–H and O–H groups in total. The monoisotopic (exact) mass is 235 g/mol. The number of nitrogens with zero attached hydrogens (tertiary/aromatic N) is 4. The molecule has 1 unspecified atom stereocenters. The van der Waals surface area contributed by atoms with Gasteiger partial charge in [-0.2, -0.15) is 0 Å². The van der Waals surface area contributed by atoms with E-state index in [2.05, 4.69) is 33.7 Å². The second kappa shape index (κ2) is 5.31. The number of nitrogens with two attached hydrogens (primary N) is 1. The molecule has 1 aliphatic heterocycles. The zero-order valence-corrected chi connectivity index (χ0v) is 10.6. The van der Waals surface area contributed by atoms with Crippen LogP contribution in [-0.4, -0.2) is 47.6 Å². The fourth-order valence-corrected chi connectivity index (χ4v) is 2.34. The van der Waals surface area contributed by atoms with E-state index in [1.807, 2.05) is 0 Å². The Hall–Kier alpha value is -1.36. The second-order valence-electron chi connectivity index (χ2n) is 4.69. The Morgan fingerprint density at radius 2 is 2.06 bits per heavy atom. The lowest BCUT2D eigenvalue weighted by Gasteiger charge is -2.30. The molecule has 0 aromatic carbocycles. The van der Waals surface area contributed by atoms with Gasteiger partial charge in [-0.05, 0) is 26.4 Å². The molecule has 2 heterocycles. The highest BCUT2D eigenvalue weighted by atomic mass is 15.3. The van der Waals surface area contributed by atoms with E-state index < -0.39 is 0 Å². The number of anilines is 2. The molecule has 1 aromatic heterocycles. The van der Waals surface area contributed by atoms with E-state index in [0.717, 1.165) is 38.4 Å². The Bertz CT molecular complexity index is 350. The molecule has 0 bridgehead atoms. The van der Waals surface area contributed by atoms with Crippen molar-refractivity contribution in [3.63, 3.8) is 0 Å². The first-order valence-corrected chi connectivity index (χ1v) is 6.23. The molecule has 1 aromatic rings. The van der Waals surface area contributed by atoms with E-state index in [1.165, 1.54) is 0 Å². The Balaban J connectivity index is 2.19. The molecule has 5 nitrogen and oxygen atoms in total. The Morgan fingerprint density at radius 1 is 1.35 bits per heavy atom. The van der Waals surface area contributed by atoms with Crippen molar-refractivity contribution < 1.29 is 0 Å². The summed E-state index contributed by atoms with van der Waals surface area (Å²) in [5.41, 5.74) is 6.24. The van der Waals surface area contributed by atoms with Crippen molar-refractivity contribution in [2.45, 2.75) is 25.8 Å². The summed E-state index contributed by atoms with van der Waals surface area (Å²) >= 11 is 0. The molecule has 2 rings (SSSR count). The van der Waals surface area contributed by atoms with Gasteiger partial charge in [-0.3, -0.25) is 0 Å². The molecule has 0 radical (unpaired) electrons. The van der Waals surface area contributed by atoms with Gasteiger partial charge >= 0.3 is 0 Å². The molecule has 0 spiro atoms. The molecular formula is C12H21N5. The quantitative estimate of drug-likeness (QED) is 0.828. The molecule has 17 heavy (non-hydrogen) atoms. The lowest BCUT2D eigenvalue weighted by Crippen LogP contribution is -2.40. The normalized spacial score (nSPS) is 22.5. The van der Waals surface area contributed by atoms with Crippen LogP contribution in [0.5, 0.6) is 0 Å². The lowest BCUT2D eigenvalue weighted by molar-refractivity contribution is 0.327. The second-order valence-corrected chi connectivity index (χ2v) is 4.69. The van der Waals surface area contributed by atoms with Gasteiger partial charge in [0.1, 0.15) is 0 Å². The van der Waals surface area contributed by atoms with E-state index in [1.54, 1.807) is 12.4 Å². The van der Waals surface area contributed by atoms with E-state index in [-0.39, 0.29) is 0 Å². The van der Waals surface area contributed by atoms with Crippen LogP contribution in [0.3, 0.4) is 0 Å². The third-order valence-corrected chi connectivity index (χ3v) is 3.29. The minimum absolute atomic E-state index is 0.492. The molecule has 94 valence electrons. The van der Waals surface area contributed by atoms with Crippen LogP contribution in [0.2, 0.25) is 0 Å². The van der Waals surface area contributed by atoms with Crippen molar-refractivity contribution in [1.29, 1.82) is 0 Å². The van der Waals surface area contributed by atoms with Crippen molar-refractivity contribution >= 4 is 11.6 Å². The van der Waals surface area contributed by atoms with Crippen molar-refractivity contribution in [3.8, 4) is 0 Å². The highest BCUT2D eigenvalue weighted by Crippen LogP contribution is 2.18. The van der Waals surface area contributed by atoms with Crippen LogP contribution in [0, 0.1) is 0 Å². The fourth-order valence-electron chi connectivity index (χ4n) is 2.34. The zero-order chi connectivity index (χ0) is 12.3. The van der Waals surface area contributed by atoms with Crippen LogP contribution in [0.4, 0.5) is 11.6 Å². The van der Waals surface area contributed by atoms with Gasteiger partial charge < -0.3 is 15.5 Å². The fraction of sp³-hybridized carbons (Fsp3) is 0.667. The topological polar surface area (TPSA) is 58.3 Å². The van der Waals surface area contributed by atoms with Crippen LogP contribution in [-0.2, 0) is 0 Å². The number of nitrogen functional groups attached to an aromatic ring is 1. The Morgan fingerprint density at radius 3 is 2.71 bits per heavy atom. The van der Waals surface area contributed by atoms with Crippen molar-refractivity contribution in [2.75, 3.05) is 37.3 Å². The summed E-state index contributed by atoms with van der Waals surface area (Å²) in [5.74, 6) is 0.807. The molecule has 0 aliphatic carbocycles. The lowest BCUT2D eigenvalue weighted by atomic mass is 10.2. The first-order valence-electron chi connectivity index (χ1n) is 6.23. The van der Waals surface area contributed by atoms with Crippen LogP contribution in [0.25, 0.3) is 0 Å². The maximum Gasteiger partial charge on any atom is 0.225 e. The van der Waals surface area contributed by atoms with Gasteiger partial charge in [0.15, 0.2) is 0 Å². The number of hydrogen-bond donors (Lipinski definition) is 1. The van der Waals surface area contributed by atoms with Gasteiger partial charge in [-0.1, -0.05) is 6.92 Å². The predicted octanol–water partition coefficient (Wildman–Crippen LogP) is 0.979. The molecule has 1 saturated heterocycles. The highest BCUT2D eigenvalue weighted by Gasteiger charge is 2.23. The van der Waals surface area contributed by atoms with E-state index in [0.29, 0.717) is 11.7 Å². The van der Waals surface area contributed by atoms with Crippen LogP contribution < -0.4 is 10.6 Å². The van der Waals surface area contributed by atoms with Crippen molar-refractivity contribution in [2.24, 2.45) is 0 Å². The third kappa shape index (κ3) is 2.85. The summed E-state index contributed by atoms with van der Waals surface area (Å²) in [6.07, 6.45) is 5.63. The molecule has 1 atom stereocenters. The van der Waals surface area contributed by atoms with Gasteiger partial charge in [0.25, 0.3) is 0 Å². The average molecular weight is 235 g/mol. The Kier molecular flexibility index (Phi) is 3.78. The van der Waals surface area contributed by atoms with Crippen molar-refractivity contribution in [1.82, 2.24) is 14.9 Å². The minimum atomic E-state index is 0.492. The smallest absolute Gasteiger partial charge is 0.225 e. The summed E-state index contributed by atoms with van der Waals surface area (Å²) in [7, 11) is 2.18. The first kappa shape index (κ1) is 12.1. The third-order valence-electron chi connectivity index (χ3n) is 3.29. The molecule has 0 saturated carbocycles. The predicted molar refractivity (Wildman–Crippen MR) is 70.0 cm³/mol. The van der Waals surface area contributed by atoms with Crippen LogP contribution in [0.1, 0.15) is 19.8 Å². The largest absolute Gasteiger partial charge is 0.396 e. The summed E-state index contributed by atoms with van der Waals surface area (Å²) in [6.45, 7) is 5.45. The standard InChI is InChI=1S/C12H21N5/c1-3-11-9-16(2)5-4-6-17(11)12-14-7-10(13)8-15-12/h7-8,11H,3-6,9,13H2,1-2H3. The maximum atomic E-state index is 5.62. The molecule has 0 amide bonds. The summed E-state index contributed by atoms with van der Waals surface area (Å²) < 4.78 is 0. The van der Waals surface area contributed by atoms with E-state index in [9.17, 15) is 0 Å². The zero-order valence-electron chi connectivity index (χ0n) is 10.6. The number of aromatic nitrogens is 2. The number of likely N-dealkylation sites (N-methyl/N-ethyl adjacent to an activating group) is 1. The van der Waals surface area contributed by atoms with Crippen molar-refractivity contribution in [3.05, 3.63) is 12.4 Å². The molecule has 1 fully saturated rings. The van der Waals surface area contributed by atoms with Gasteiger partial charge in [-0.15, -0.1) is 0 Å². The average Bonchev–Trinajstić information content (AvgIpc) is 2.52. The Labute approximate surface area is 103 Å². The summed E-state index contributed by atoms with van der Waals surface area (Å²) in [5, 5.41) is 0. The molecule has 1 aliphatic rings. The van der Waals surface area contributed by atoms with Gasteiger partial charge in [0.05, 0.1) is 18.1 Å². The summed E-state index contributed by atoms with van der Waals surface area (Å²) in [6, 6.07) is 0.492. The molecule has 5 heteroatoms. The number of hydrogen-bond acceptors (Lipinski definition) is 5. The first-order chi connectivity index (χ1) is 8.20.